The first-order valence-electron chi connectivity index (χ1n) is 13.0. The zero-order chi connectivity index (χ0) is 26.1. The molecule has 2 aromatic carbocycles. The van der Waals surface area contributed by atoms with Crippen LogP contribution in [0.4, 0.5) is 5.69 Å². The summed E-state index contributed by atoms with van der Waals surface area (Å²) >= 11 is 7.33. The van der Waals surface area contributed by atoms with Crippen LogP contribution in [-0.4, -0.2) is 21.2 Å². The first-order valence-corrected chi connectivity index (χ1v) is 14.3. The Hall–Kier alpha value is -3.29. The van der Waals surface area contributed by atoms with E-state index in [4.69, 9.17) is 21.0 Å². The number of anilines is 1. The van der Waals surface area contributed by atoms with E-state index in [0.29, 0.717) is 21.6 Å². The number of thioether (sulfide) groups is 1. The van der Waals surface area contributed by atoms with Gasteiger partial charge >= 0.3 is 0 Å². The molecule has 1 N–H and O–H groups in total. The SMILES string of the molecule is O=C(CSc1nc2c(c(=O)n1Cc1ccco1)C1(CCCCC1)Cc1ccccc1-2)Nc1cccc(Cl)c1. The molecular formula is C30H28ClN3O3S. The van der Waals surface area contributed by atoms with Crippen LogP contribution in [0.3, 0.4) is 0 Å². The van der Waals surface area contributed by atoms with Gasteiger partial charge in [-0.1, -0.05) is 73.0 Å². The van der Waals surface area contributed by atoms with E-state index in [9.17, 15) is 9.59 Å². The van der Waals surface area contributed by atoms with E-state index in [2.05, 4.69) is 23.5 Å². The lowest BCUT2D eigenvalue weighted by atomic mass is 9.62. The topological polar surface area (TPSA) is 77.1 Å². The molecule has 0 saturated heterocycles. The summed E-state index contributed by atoms with van der Waals surface area (Å²) in [5, 5.41) is 3.94. The highest BCUT2D eigenvalue weighted by molar-refractivity contribution is 7.99. The Morgan fingerprint density at radius 3 is 2.71 bits per heavy atom. The van der Waals surface area contributed by atoms with E-state index in [0.717, 1.165) is 48.9 Å². The van der Waals surface area contributed by atoms with Gasteiger partial charge in [-0.2, -0.15) is 0 Å². The van der Waals surface area contributed by atoms with E-state index in [1.807, 2.05) is 18.2 Å². The van der Waals surface area contributed by atoms with Crippen LogP contribution in [0.15, 0.2) is 81.3 Å². The number of carbonyl (C=O) groups is 1. The van der Waals surface area contributed by atoms with Crippen molar-refractivity contribution in [2.45, 2.75) is 55.6 Å². The number of fused-ring (bicyclic) bond motifs is 4. The van der Waals surface area contributed by atoms with Gasteiger partial charge in [-0.3, -0.25) is 14.2 Å². The Labute approximate surface area is 230 Å². The van der Waals surface area contributed by atoms with Crippen LogP contribution in [0.1, 0.15) is 49.0 Å². The normalized spacial score (nSPS) is 15.6. The number of halogens is 1. The third kappa shape index (κ3) is 4.81. The number of carbonyl (C=O) groups excluding carboxylic acids is 1. The Morgan fingerprint density at radius 2 is 1.92 bits per heavy atom. The first kappa shape index (κ1) is 25.0. The second-order valence-electron chi connectivity index (χ2n) is 10.1. The maximum atomic E-state index is 14.4. The Bertz CT molecular complexity index is 1540. The van der Waals surface area contributed by atoms with Gasteiger partial charge in [0.1, 0.15) is 5.76 Å². The van der Waals surface area contributed by atoms with E-state index < -0.39 is 0 Å². The van der Waals surface area contributed by atoms with Crippen LogP contribution in [0.2, 0.25) is 5.02 Å². The van der Waals surface area contributed by atoms with Gasteiger partial charge in [0.25, 0.3) is 5.56 Å². The van der Waals surface area contributed by atoms with Crippen LogP contribution in [-0.2, 0) is 23.2 Å². The van der Waals surface area contributed by atoms with Crippen molar-refractivity contribution in [2.75, 3.05) is 11.1 Å². The average molecular weight is 546 g/mol. The fourth-order valence-electron chi connectivity index (χ4n) is 5.92. The molecule has 0 aliphatic heterocycles. The minimum absolute atomic E-state index is 0.0273. The van der Waals surface area contributed by atoms with Crippen LogP contribution < -0.4 is 10.9 Å². The molecule has 6 nitrogen and oxygen atoms in total. The number of aromatic nitrogens is 2. The molecule has 8 heteroatoms. The molecular weight excluding hydrogens is 518 g/mol. The van der Waals surface area contributed by atoms with Gasteiger partial charge in [-0.15, -0.1) is 0 Å². The van der Waals surface area contributed by atoms with Crippen molar-refractivity contribution in [3.8, 4) is 11.3 Å². The van der Waals surface area contributed by atoms with Gasteiger partial charge in [-0.05, 0) is 55.2 Å². The number of nitrogens with one attached hydrogen (secondary N) is 1. The van der Waals surface area contributed by atoms with Crippen LogP contribution >= 0.6 is 23.4 Å². The minimum atomic E-state index is -0.204. The number of nitrogens with zero attached hydrogens (tertiary/aromatic N) is 2. The van der Waals surface area contributed by atoms with E-state index in [1.54, 1.807) is 35.1 Å². The molecule has 0 radical (unpaired) electrons. The summed E-state index contributed by atoms with van der Waals surface area (Å²) in [5.74, 6) is 0.578. The van der Waals surface area contributed by atoms with Crippen molar-refractivity contribution < 1.29 is 9.21 Å². The van der Waals surface area contributed by atoms with Crippen LogP contribution in [0.25, 0.3) is 11.3 Å². The highest BCUT2D eigenvalue weighted by atomic mass is 35.5. The van der Waals surface area contributed by atoms with Crippen molar-refractivity contribution in [1.82, 2.24) is 9.55 Å². The van der Waals surface area contributed by atoms with Crippen LogP contribution in [0.5, 0.6) is 0 Å². The number of furan rings is 1. The average Bonchev–Trinajstić information content (AvgIpc) is 3.43. The number of rotatable bonds is 6. The maximum absolute atomic E-state index is 14.4. The van der Waals surface area contributed by atoms with Gasteiger partial charge in [0.05, 0.1) is 29.8 Å². The summed E-state index contributed by atoms with van der Waals surface area (Å²) in [6.07, 6.45) is 7.86. The molecule has 6 rings (SSSR count). The van der Waals surface area contributed by atoms with Crippen molar-refractivity contribution in [3.05, 3.63) is 99.2 Å². The molecule has 0 bridgehead atoms. The van der Waals surface area contributed by atoms with E-state index >= 15 is 0 Å². The molecule has 2 heterocycles. The summed E-state index contributed by atoms with van der Waals surface area (Å²) in [6.45, 7) is 0.266. The largest absolute Gasteiger partial charge is 0.467 e. The minimum Gasteiger partial charge on any atom is -0.467 e. The van der Waals surface area contributed by atoms with Crippen molar-refractivity contribution in [2.24, 2.45) is 0 Å². The standard InChI is InChI=1S/C30H28ClN3O3S/c31-21-9-6-10-22(16-21)32-25(35)19-38-29-33-27-24-12-3-2-8-20(24)17-30(13-4-1-5-14-30)26(27)28(36)34(29)18-23-11-7-15-37-23/h2-3,6-12,15-16H,1,4-5,13-14,17-19H2,(H,32,35). The van der Waals surface area contributed by atoms with Crippen molar-refractivity contribution in [3.63, 3.8) is 0 Å². The van der Waals surface area contributed by atoms with Gasteiger partial charge < -0.3 is 9.73 Å². The summed E-state index contributed by atoms with van der Waals surface area (Å²) < 4.78 is 7.31. The molecule has 1 fully saturated rings. The summed E-state index contributed by atoms with van der Waals surface area (Å²) in [6, 6.07) is 19.0. The lowest BCUT2D eigenvalue weighted by molar-refractivity contribution is -0.113. The quantitative estimate of drug-likeness (QED) is 0.216. The molecule has 38 heavy (non-hydrogen) atoms. The van der Waals surface area contributed by atoms with Gasteiger partial charge in [0.2, 0.25) is 5.91 Å². The predicted octanol–water partition coefficient (Wildman–Crippen LogP) is 6.69. The third-order valence-electron chi connectivity index (χ3n) is 7.61. The fourth-order valence-corrected chi connectivity index (χ4v) is 6.90. The molecule has 194 valence electrons. The van der Waals surface area contributed by atoms with Crippen molar-refractivity contribution in [1.29, 1.82) is 0 Å². The maximum Gasteiger partial charge on any atom is 0.258 e. The molecule has 0 unspecified atom stereocenters. The zero-order valence-corrected chi connectivity index (χ0v) is 22.5. The number of amides is 1. The highest BCUT2D eigenvalue weighted by Crippen LogP contribution is 2.48. The van der Waals surface area contributed by atoms with Crippen molar-refractivity contribution >= 4 is 35.0 Å². The van der Waals surface area contributed by atoms with Crippen LogP contribution in [0, 0.1) is 0 Å². The lowest BCUT2D eigenvalue weighted by Gasteiger charge is -2.42. The second-order valence-corrected chi connectivity index (χ2v) is 11.5. The number of benzene rings is 2. The van der Waals surface area contributed by atoms with E-state index in [1.165, 1.54) is 23.7 Å². The number of hydrogen-bond acceptors (Lipinski definition) is 5. The molecule has 1 saturated carbocycles. The summed E-state index contributed by atoms with van der Waals surface area (Å²) in [4.78, 5) is 32.3. The molecule has 4 aromatic rings. The second kappa shape index (κ2) is 10.5. The monoisotopic (exact) mass is 545 g/mol. The molecule has 2 aliphatic carbocycles. The first-order chi connectivity index (χ1) is 18.5. The number of hydrogen-bond donors (Lipinski definition) is 1. The summed E-state index contributed by atoms with van der Waals surface area (Å²) in [5.41, 5.74) is 4.26. The Balaban J connectivity index is 1.42. The molecule has 2 aromatic heterocycles. The lowest BCUT2D eigenvalue weighted by Crippen LogP contribution is -2.43. The molecule has 2 aliphatic rings. The zero-order valence-electron chi connectivity index (χ0n) is 20.9. The Morgan fingerprint density at radius 1 is 1.08 bits per heavy atom. The van der Waals surface area contributed by atoms with Gasteiger partial charge in [-0.25, -0.2) is 4.98 Å². The third-order valence-corrected chi connectivity index (χ3v) is 8.82. The molecule has 1 spiro atoms. The predicted molar refractivity (Wildman–Crippen MR) is 151 cm³/mol. The fraction of sp³-hybridized carbons (Fsp3) is 0.300. The highest BCUT2D eigenvalue weighted by Gasteiger charge is 2.43. The Kier molecular flexibility index (Phi) is 6.89. The van der Waals surface area contributed by atoms with Gasteiger partial charge in [0.15, 0.2) is 5.16 Å². The molecule has 0 atom stereocenters. The smallest absolute Gasteiger partial charge is 0.258 e. The van der Waals surface area contributed by atoms with E-state index in [-0.39, 0.29) is 29.2 Å². The summed E-state index contributed by atoms with van der Waals surface area (Å²) in [7, 11) is 0. The van der Waals surface area contributed by atoms with Gasteiger partial charge in [0, 0.05) is 21.7 Å². The molecule has 1 amide bonds.